The second kappa shape index (κ2) is 10.1. The van der Waals surface area contributed by atoms with Crippen molar-refractivity contribution in [1.82, 2.24) is 9.55 Å². The molecule has 2 aromatic carbocycles. The molecule has 3 aromatic rings. The number of benzene rings is 2. The van der Waals surface area contributed by atoms with E-state index in [-0.39, 0.29) is 11.8 Å². The molecule has 1 aliphatic rings. The maximum atomic E-state index is 12.8. The van der Waals surface area contributed by atoms with E-state index in [0.717, 1.165) is 23.6 Å². The lowest BCUT2D eigenvalue weighted by Gasteiger charge is -2.17. The molecule has 1 fully saturated rings. The Morgan fingerprint density at radius 2 is 1.65 bits per heavy atom. The van der Waals surface area contributed by atoms with Gasteiger partial charge in [-0.3, -0.25) is 4.79 Å². The molecule has 4 rings (SSSR count). The summed E-state index contributed by atoms with van der Waals surface area (Å²) in [5.41, 5.74) is 4.45. The predicted octanol–water partition coefficient (Wildman–Crippen LogP) is 6.62. The molecule has 0 N–H and O–H groups in total. The van der Waals surface area contributed by atoms with E-state index in [2.05, 4.69) is 66.9 Å². The summed E-state index contributed by atoms with van der Waals surface area (Å²) >= 11 is 0. The number of carbonyl (C=O) groups excluding carboxylic acids is 1. The number of aromatic nitrogens is 2. The number of nitrogens with zero attached hydrogens (tertiary/aromatic N) is 3. The van der Waals surface area contributed by atoms with Crippen LogP contribution in [0, 0.1) is 6.92 Å². The molecule has 4 heteroatoms. The van der Waals surface area contributed by atoms with Crippen molar-refractivity contribution < 1.29 is 4.79 Å². The van der Waals surface area contributed by atoms with Crippen LogP contribution >= 0.6 is 0 Å². The van der Waals surface area contributed by atoms with E-state index in [0.29, 0.717) is 13.0 Å². The Hall–Kier alpha value is -2.62. The van der Waals surface area contributed by atoms with Gasteiger partial charge in [-0.1, -0.05) is 75.3 Å². The van der Waals surface area contributed by atoms with Crippen molar-refractivity contribution in [2.45, 2.75) is 77.7 Å². The number of hydrogen-bond donors (Lipinski definition) is 0. The Labute approximate surface area is 186 Å². The van der Waals surface area contributed by atoms with Gasteiger partial charge in [0.1, 0.15) is 5.82 Å². The number of para-hydroxylation sites is 2. The number of carbonyl (C=O) groups is 1. The van der Waals surface area contributed by atoms with Gasteiger partial charge in [-0.25, -0.2) is 4.98 Å². The molecule has 164 valence electrons. The molecule has 2 heterocycles. The van der Waals surface area contributed by atoms with Crippen LogP contribution in [0.3, 0.4) is 0 Å². The first-order chi connectivity index (χ1) is 15.2. The highest BCUT2D eigenvalue weighted by atomic mass is 16.2. The van der Waals surface area contributed by atoms with E-state index in [1.54, 1.807) is 0 Å². The van der Waals surface area contributed by atoms with E-state index >= 15 is 0 Å². The summed E-state index contributed by atoms with van der Waals surface area (Å²) in [7, 11) is 0. The molecular formula is C27H35N3O. The van der Waals surface area contributed by atoms with Crippen LogP contribution in [0.15, 0.2) is 48.5 Å². The number of fused-ring (bicyclic) bond motifs is 1. The highest BCUT2D eigenvalue weighted by Gasteiger charge is 2.34. The monoisotopic (exact) mass is 417 g/mol. The quantitative estimate of drug-likeness (QED) is 0.348. The van der Waals surface area contributed by atoms with Gasteiger partial charge >= 0.3 is 0 Å². The van der Waals surface area contributed by atoms with Gasteiger partial charge in [0, 0.05) is 31.1 Å². The minimum absolute atomic E-state index is 0.144. The standard InChI is InChI=1S/C27H35N3O/c1-3-4-5-6-7-8-11-18-29-25-13-10-9-12-24(25)28-27(29)22-19-26(31)30(20-22)23-16-14-21(2)15-17-23/h9-10,12-17,22H,3-8,11,18-20H2,1-2H3. The van der Waals surface area contributed by atoms with E-state index in [4.69, 9.17) is 4.98 Å². The second-order valence-electron chi connectivity index (χ2n) is 8.97. The van der Waals surface area contributed by atoms with Crippen molar-refractivity contribution in [2.75, 3.05) is 11.4 Å². The van der Waals surface area contributed by atoms with Gasteiger partial charge < -0.3 is 9.47 Å². The third-order valence-corrected chi connectivity index (χ3v) is 6.51. The van der Waals surface area contributed by atoms with Gasteiger partial charge in [-0.2, -0.15) is 0 Å². The molecule has 1 aliphatic heterocycles. The molecule has 1 unspecified atom stereocenters. The van der Waals surface area contributed by atoms with E-state index in [1.165, 1.54) is 56.0 Å². The number of rotatable bonds is 10. The zero-order chi connectivity index (χ0) is 21.6. The maximum absolute atomic E-state index is 12.8. The molecule has 1 saturated heterocycles. The summed E-state index contributed by atoms with van der Waals surface area (Å²) in [6.07, 6.45) is 9.62. The predicted molar refractivity (Wildman–Crippen MR) is 129 cm³/mol. The highest BCUT2D eigenvalue weighted by Crippen LogP contribution is 2.33. The van der Waals surface area contributed by atoms with Crippen LogP contribution in [0.25, 0.3) is 11.0 Å². The fourth-order valence-corrected chi connectivity index (χ4v) is 4.72. The van der Waals surface area contributed by atoms with Gasteiger partial charge in [-0.05, 0) is 37.6 Å². The van der Waals surface area contributed by atoms with Gasteiger partial charge in [0.25, 0.3) is 0 Å². The highest BCUT2D eigenvalue weighted by molar-refractivity contribution is 5.96. The van der Waals surface area contributed by atoms with Gasteiger partial charge in [0.2, 0.25) is 5.91 Å². The first kappa shape index (κ1) is 21.6. The van der Waals surface area contributed by atoms with Crippen LogP contribution in [0.2, 0.25) is 0 Å². The number of aryl methyl sites for hydroxylation is 2. The Morgan fingerprint density at radius 1 is 0.935 bits per heavy atom. The van der Waals surface area contributed by atoms with Crippen molar-refractivity contribution in [3.63, 3.8) is 0 Å². The lowest BCUT2D eigenvalue weighted by atomic mass is 10.1. The van der Waals surface area contributed by atoms with E-state index < -0.39 is 0 Å². The van der Waals surface area contributed by atoms with Gasteiger partial charge in [0.15, 0.2) is 0 Å². The van der Waals surface area contributed by atoms with Gasteiger partial charge in [-0.15, -0.1) is 0 Å². The van der Waals surface area contributed by atoms with E-state index in [1.807, 2.05) is 4.90 Å². The zero-order valence-corrected chi connectivity index (χ0v) is 19.0. The van der Waals surface area contributed by atoms with Crippen LogP contribution in [-0.2, 0) is 11.3 Å². The Balaban J connectivity index is 1.49. The first-order valence-corrected chi connectivity index (χ1v) is 12.0. The summed E-state index contributed by atoms with van der Waals surface area (Å²) in [6, 6.07) is 16.7. The number of anilines is 1. The van der Waals surface area contributed by atoms with Crippen molar-refractivity contribution in [2.24, 2.45) is 0 Å². The topological polar surface area (TPSA) is 38.1 Å². The molecule has 31 heavy (non-hydrogen) atoms. The van der Waals surface area contributed by atoms with Crippen LogP contribution in [0.4, 0.5) is 5.69 Å². The lowest BCUT2D eigenvalue weighted by molar-refractivity contribution is -0.117. The minimum atomic E-state index is 0.144. The fraction of sp³-hybridized carbons (Fsp3) is 0.481. The first-order valence-electron chi connectivity index (χ1n) is 12.0. The summed E-state index contributed by atoms with van der Waals surface area (Å²) in [4.78, 5) is 19.8. The minimum Gasteiger partial charge on any atom is -0.328 e. The fourth-order valence-electron chi connectivity index (χ4n) is 4.72. The molecule has 1 atom stereocenters. The molecule has 4 nitrogen and oxygen atoms in total. The molecule has 1 amide bonds. The van der Waals surface area contributed by atoms with E-state index in [9.17, 15) is 4.79 Å². The Bertz CT molecular complexity index is 1000. The molecule has 0 bridgehead atoms. The van der Waals surface area contributed by atoms with Gasteiger partial charge in [0.05, 0.1) is 11.0 Å². The lowest BCUT2D eigenvalue weighted by Crippen LogP contribution is -2.24. The third kappa shape index (κ3) is 5.00. The zero-order valence-electron chi connectivity index (χ0n) is 19.0. The van der Waals surface area contributed by atoms with Crippen molar-refractivity contribution >= 4 is 22.6 Å². The van der Waals surface area contributed by atoms with Crippen LogP contribution in [-0.4, -0.2) is 22.0 Å². The molecule has 0 aliphatic carbocycles. The number of unbranched alkanes of at least 4 members (excludes halogenated alkanes) is 6. The van der Waals surface area contributed by atoms with Crippen molar-refractivity contribution in [3.8, 4) is 0 Å². The average molecular weight is 418 g/mol. The summed E-state index contributed by atoms with van der Waals surface area (Å²) in [5, 5.41) is 0. The van der Waals surface area contributed by atoms with Crippen molar-refractivity contribution in [3.05, 3.63) is 59.9 Å². The SMILES string of the molecule is CCCCCCCCCn1c(C2CC(=O)N(c3ccc(C)cc3)C2)nc2ccccc21. The summed E-state index contributed by atoms with van der Waals surface area (Å²) < 4.78 is 2.39. The third-order valence-electron chi connectivity index (χ3n) is 6.51. The molecule has 0 spiro atoms. The molecule has 0 saturated carbocycles. The maximum Gasteiger partial charge on any atom is 0.227 e. The summed E-state index contributed by atoms with van der Waals surface area (Å²) in [6.45, 7) is 6.03. The second-order valence-corrected chi connectivity index (χ2v) is 8.97. The molecule has 1 aromatic heterocycles. The smallest absolute Gasteiger partial charge is 0.227 e. The van der Waals surface area contributed by atoms with Crippen LogP contribution in [0.5, 0.6) is 0 Å². The number of hydrogen-bond acceptors (Lipinski definition) is 2. The number of amides is 1. The average Bonchev–Trinajstić information content (AvgIpc) is 3.34. The van der Waals surface area contributed by atoms with Crippen LogP contribution in [0.1, 0.15) is 75.6 Å². The van der Waals surface area contributed by atoms with Crippen LogP contribution < -0.4 is 4.90 Å². The molecular weight excluding hydrogens is 382 g/mol. The molecule has 0 radical (unpaired) electrons. The summed E-state index contributed by atoms with van der Waals surface area (Å²) in [5.74, 6) is 1.42. The normalized spacial score (nSPS) is 16.5. The number of imidazole rings is 1. The largest absolute Gasteiger partial charge is 0.328 e. The Kier molecular flexibility index (Phi) is 7.06. The Morgan fingerprint density at radius 3 is 2.42 bits per heavy atom. The van der Waals surface area contributed by atoms with Crippen molar-refractivity contribution in [1.29, 1.82) is 0 Å².